The van der Waals surface area contributed by atoms with Gasteiger partial charge in [0.25, 0.3) is 0 Å². The first kappa shape index (κ1) is 25.0. The first-order chi connectivity index (χ1) is 22.3. The summed E-state index contributed by atoms with van der Waals surface area (Å²) in [6.07, 6.45) is 8.02. The van der Waals surface area contributed by atoms with E-state index in [0.717, 1.165) is 17.9 Å². The molecule has 3 aliphatic rings. The van der Waals surface area contributed by atoms with Gasteiger partial charge >= 0.3 is 0 Å². The molecule has 0 bridgehead atoms. The van der Waals surface area contributed by atoms with Crippen LogP contribution < -0.4 is 4.74 Å². The van der Waals surface area contributed by atoms with Crippen molar-refractivity contribution in [3.05, 3.63) is 161 Å². The van der Waals surface area contributed by atoms with Crippen LogP contribution in [0.5, 0.6) is 5.75 Å². The molecule has 0 N–H and O–H groups in total. The summed E-state index contributed by atoms with van der Waals surface area (Å²) in [4.78, 5) is 0. The van der Waals surface area contributed by atoms with E-state index in [9.17, 15) is 0 Å². The summed E-state index contributed by atoms with van der Waals surface area (Å²) in [6.45, 7) is 2.41. The van der Waals surface area contributed by atoms with Gasteiger partial charge in [-0.15, -0.1) is 0 Å². The Balaban J connectivity index is 1.33. The molecule has 10 rings (SSSR count). The minimum atomic E-state index is 0.246. The first-order valence-corrected chi connectivity index (χ1v) is 16.0. The number of allylic oxidation sites excluding steroid dienone is 2. The molecule has 7 aromatic rings. The van der Waals surface area contributed by atoms with E-state index in [-0.39, 0.29) is 5.92 Å². The number of fused-ring (bicyclic) bond motifs is 9. The molecule has 0 radical (unpaired) electrons. The van der Waals surface area contributed by atoms with Crippen LogP contribution in [0.1, 0.15) is 46.6 Å². The van der Waals surface area contributed by atoms with Gasteiger partial charge in [-0.3, -0.25) is 0 Å². The summed E-state index contributed by atoms with van der Waals surface area (Å²) >= 11 is 0. The van der Waals surface area contributed by atoms with Crippen molar-refractivity contribution in [3.63, 3.8) is 0 Å². The van der Waals surface area contributed by atoms with E-state index in [4.69, 9.17) is 4.74 Å². The molecule has 0 aromatic heterocycles. The van der Waals surface area contributed by atoms with E-state index in [1.807, 2.05) is 0 Å². The highest BCUT2D eigenvalue weighted by Gasteiger charge is 2.40. The molecular weight excluding hydrogens is 544 g/mol. The predicted octanol–water partition coefficient (Wildman–Crippen LogP) is 11.7. The van der Waals surface area contributed by atoms with Gasteiger partial charge in [0.1, 0.15) is 11.5 Å². The Kier molecular flexibility index (Phi) is 5.16. The van der Waals surface area contributed by atoms with E-state index in [0.29, 0.717) is 5.92 Å². The van der Waals surface area contributed by atoms with Crippen LogP contribution in [0, 0.1) is 0 Å². The molecule has 7 aromatic carbocycles. The van der Waals surface area contributed by atoms with Gasteiger partial charge in [0.05, 0.1) is 5.92 Å². The van der Waals surface area contributed by atoms with Crippen LogP contribution >= 0.6 is 0 Å². The molecule has 2 unspecified atom stereocenters. The van der Waals surface area contributed by atoms with Crippen molar-refractivity contribution < 1.29 is 4.74 Å². The number of benzene rings is 7. The molecule has 0 amide bonds. The van der Waals surface area contributed by atoms with Crippen LogP contribution in [0.2, 0.25) is 0 Å². The molecule has 1 aliphatic heterocycles. The lowest BCUT2D eigenvalue weighted by molar-refractivity contribution is 0.415. The number of rotatable bonds is 2. The molecule has 212 valence electrons. The monoisotopic (exact) mass is 574 g/mol. The van der Waals surface area contributed by atoms with Crippen LogP contribution in [0.4, 0.5) is 0 Å². The molecule has 1 heteroatoms. The molecule has 0 saturated heterocycles. The Labute approximate surface area is 262 Å². The van der Waals surface area contributed by atoms with Crippen molar-refractivity contribution in [3.8, 4) is 28.0 Å². The summed E-state index contributed by atoms with van der Waals surface area (Å²) in [5.41, 5.74) is 12.1. The minimum absolute atomic E-state index is 0.246. The van der Waals surface area contributed by atoms with Crippen molar-refractivity contribution in [1.29, 1.82) is 0 Å². The second-order valence-corrected chi connectivity index (χ2v) is 12.7. The smallest absolute Gasteiger partial charge is 0.130 e. The van der Waals surface area contributed by atoms with Crippen molar-refractivity contribution >= 4 is 44.5 Å². The van der Waals surface area contributed by atoms with E-state index in [2.05, 4.69) is 146 Å². The molecule has 1 nitrogen and oxygen atoms in total. The van der Waals surface area contributed by atoms with Crippen molar-refractivity contribution in [2.24, 2.45) is 0 Å². The second-order valence-electron chi connectivity index (χ2n) is 12.7. The Bertz CT molecular complexity index is 2390. The van der Waals surface area contributed by atoms with Gasteiger partial charge in [0.2, 0.25) is 0 Å². The fourth-order valence-electron chi connectivity index (χ4n) is 8.62. The van der Waals surface area contributed by atoms with E-state index >= 15 is 0 Å². The first-order valence-electron chi connectivity index (χ1n) is 16.0. The maximum absolute atomic E-state index is 6.59. The SMILES string of the molecule is CC1c2c(c(-c3c4ccccc4c(-c4cccc5ccccc45)c4ccccc34)cc3c2CC=C3)C=C2Oc3ccccc3C21. The number of para-hydroxylation sites is 1. The lowest BCUT2D eigenvalue weighted by Gasteiger charge is -2.31. The normalized spacial score (nSPS) is 17.6. The molecule has 0 fully saturated rings. The number of ether oxygens (including phenoxy) is 1. The van der Waals surface area contributed by atoms with Crippen molar-refractivity contribution in [1.82, 2.24) is 0 Å². The quantitative estimate of drug-likeness (QED) is 0.187. The highest BCUT2D eigenvalue weighted by molar-refractivity contribution is 6.24. The zero-order valence-corrected chi connectivity index (χ0v) is 25.0. The van der Waals surface area contributed by atoms with E-state index < -0.39 is 0 Å². The predicted molar refractivity (Wildman–Crippen MR) is 189 cm³/mol. The lowest BCUT2D eigenvalue weighted by atomic mass is 9.71. The molecule has 2 aliphatic carbocycles. The fraction of sp³-hybridized carbons (Fsp3) is 0.0909. The van der Waals surface area contributed by atoms with Crippen molar-refractivity contribution in [2.75, 3.05) is 0 Å². The topological polar surface area (TPSA) is 9.23 Å². The van der Waals surface area contributed by atoms with Gasteiger partial charge < -0.3 is 4.74 Å². The average Bonchev–Trinajstić information content (AvgIpc) is 3.71. The van der Waals surface area contributed by atoms with Gasteiger partial charge in [-0.25, -0.2) is 0 Å². The number of hydrogen-bond donors (Lipinski definition) is 0. The van der Waals surface area contributed by atoms with Gasteiger partial charge in [-0.05, 0) is 107 Å². The molecular formula is C44H30O. The van der Waals surface area contributed by atoms with E-state index in [1.54, 1.807) is 0 Å². The third-order valence-electron chi connectivity index (χ3n) is 10.5. The van der Waals surface area contributed by atoms with Crippen molar-refractivity contribution in [2.45, 2.75) is 25.2 Å². The highest BCUT2D eigenvalue weighted by Crippen LogP contribution is 2.56. The van der Waals surface area contributed by atoms with Gasteiger partial charge in [-0.1, -0.05) is 128 Å². The second kappa shape index (κ2) is 9.30. The summed E-state index contributed by atoms with van der Waals surface area (Å²) in [6, 6.07) is 44.6. The number of hydrogen-bond acceptors (Lipinski definition) is 1. The maximum Gasteiger partial charge on any atom is 0.130 e. The van der Waals surface area contributed by atoms with Crippen LogP contribution in [0.3, 0.4) is 0 Å². The summed E-state index contributed by atoms with van der Waals surface area (Å²) < 4.78 is 6.59. The fourth-order valence-corrected chi connectivity index (χ4v) is 8.62. The van der Waals surface area contributed by atoms with Crippen LogP contribution in [-0.2, 0) is 6.42 Å². The molecule has 0 spiro atoms. The molecule has 45 heavy (non-hydrogen) atoms. The summed E-state index contributed by atoms with van der Waals surface area (Å²) in [5.74, 6) is 2.63. The summed E-state index contributed by atoms with van der Waals surface area (Å²) in [5, 5.41) is 7.68. The molecule has 1 heterocycles. The van der Waals surface area contributed by atoms with Gasteiger partial charge in [-0.2, -0.15) is 0 Å². The largest absolute Gasteiger partial charge is 0.461 e. The van der Waals surface area contributed by atoms with Crippen LogP contribution in [-0.4, -0.2) is 0 Å². The van der Waals surface area contributed by atoms with Gasteiger partial charge in [0.15, 0.2) is 0 Å². The lowest BCUT2D eigenvalue weighted by Crippen LogP contribution is -2.17. The standard InChI is InChI=1S/C44H30O/c1-26-41-30-21-11-14-28(30)24-37(38(41)25-40-42(26)36-20-8-9-23-39(36)45-40)44-34-18-6-4-16-32(34)43(33-17-5-7-19-35(33)44)31-22-10-13-27-12-2-3-15-29(27)31/h2-20,22-26,42H,21H2,1H3. The maximum atomic E-state index is 6.59. The van der Waals surface area contributed by atoms with Gasteiger partial charge in [0, 0.05) is 5.56 Å². The molecule has 2 atom stereocenters. The third-order valence-corrected chi connectivity index (χ3v) is 10.5. The third kappa shape index (κ3) is 3.44. The minimum Gasteiger partial charge on any atom is -0.461 e. The highest BCUT2D eigenvalue weighted by atomic mass is 16.5. The Morgan fingerprint density at radius 3 is 2.00 bits per heavy atom. The zero-order valence-electron chi connectivity index (χ0n) is 25.0. The Hall–Kier alpha value is -5.40. The van der Waals surface area contributed by atoms with Crippen LogP contribution in [0.25, 0.3) is 66.7 Å². The molecule has 0 saturated carbocycles. The Morgan fingerprint density at radius 1 is 0.622 bits per heavy atom. The van der Waals surface area contributed by atoms with E-state index in [1.165, 1.54) is 82.4 Å². The Morgan fingerprint density at radius 2 is 1.24 bits per heavy atom. The van der Waals surface area contributed by atoms with Crippen LogP contribution in [0.15, 0.2) is 133 Å². The summed E-state index contributed by atoms with van der Waals surface area (Å²) in [7, 11) is 0. The zero-order chi connectivity index (χ0) is 29.6. The average molecular weight is 575 g/mol.